The van der Waals surface area contributed by atoms with Gasteiger partial charge in [0.1, 0.15) is 5.82 Å². The number of ether oxygens (including phenoxy) is 1. The number of hydrogen-bond acceptors (Lipinski definition) is 5. The van der Waals surface area contributed by atoms with Crippen LogP contribution in [0.3, 0.4) is 0 Å². The Morgan fingerprint density at radius 3 is 2.80 bits per heavy atom. The Bertz CT molecular complexity index is 300. The van der Waals surface area contributed by atoms with Crippen molar-refractivity contribution in [2.45, 2.75) is 25.9 Å². The Hall–Kier alpha value is -1.20. The topological polar surface area (TPSA) is 81.3 Å². The highest BCUT2D eigenvalue weighted by atomic mass is 16.5. The van der Waals surface area contributed by atoms with Gasteiger partial charge in [0.05, 0.1) is 18.6 Å². The van der Waals surface area contributed by atoms with E-state index in [1.165, 1.54) is 0 Å². The van der Waals surface area contributed by atoms with Crippen LogP contribution in [0.2, 0.25) is 0 Å². The molecule has 0 saturated heterocycles. The second-order valence-corrected chi connectivity index (χ2v) is 3.53. The second-order valence-electron chi connectivity index (χ2n) is 3.53. The van der Waals surface area contributed by atoms with Crippen LogP contribution in [0, 0.1) is 0 Å². The van der Waals surface area contributed by atoms with Gasteiger partial charge in [0.2, 0.25) is 5.88 Å². The highest BCUT2D eigenvalue weighted by Gasteiger charge is 2.12. The van der Waals surface area contributed by atoms with E-state index in [1.54, 1.807) is 12.3 Å². The molecule has 5 heteroatoms. The van der Waals surface area contributed by atoms with E-state index in [9.17, 15) is 0 Å². The summed E-state index contributed by atoms with van der Waals surface area (Å²) >= 11 is 0. The van der Waals surface area contributed by atoms with Crippen LogP contribution in [0.5, 0.6) is 5.88 Å². The lowest BCUT2D eigenvalue weighted by Crippen LogP contribution is -2.19. The SMILES string of the molecule is CC(C)Oc1ccnc(C(CN)CO)n1. The van der Waals surface area contributed by atoms with Crippen molar-refractivity contribution in [2.24, 2.45) is 5.73 Å². The maximum atomic E-state index is 9.05. The van der Waals surface area contributed by atoms with Crippen molar-refractivity contribution in [1.29, 1.82) is 0 Å². The molecular weight excluding hydrogens is 194 g/mol. The molecule has 0 fully saturated rings. The summed E-state index contributed by atoms with van der Waals surface area (Å²) in [6.07, 6.45) is 1.68. The highest BCUT2D eigenvalue weighted by molar-refractivity contribution is 5.11. The minimum absolute atomic E-state index is 0.0539. The molecule has 1 unspecified atom stereocenters. The Balaban J connectivity index is 2.81. The smallest absolute Gasteiger partial charge is 0.216 e. The summed E-state index contributed by atoms with van der Waals surface area (Å²) in [7, 11) is 0. The normalized spacial score (nSPS) is 12.9. The minimum atomic E-state index is -0.222. The molecule has 84 valence electrons. The Labute approximate surface area is 89.3 Å². The van der Waals surface area contributed by atoms with Gasteiger partial charge < -0.3 is 15.6 Å². The largest absolute Gasteiger partial charge is 0.475 e. The fourth-order valence-electron chi connectivity index (χ4n) is 1.12. The summed E-state index contributed by atoms with van der Waals surface area (Å²) in [4.78, 5) is 8.24. The number of nitrogens with two attached hydrogens (primary N) is 1. The van der Waals surface area contributed by atoms with Crippen LogP contribution in [-0.2, 0) is 0 Å². The molecule has 1 heterocycles. The van der Waals surface area contributed by atoms with Crippen LogP contribution in [0.15, 0.2) is 12.3 Å². The van der Waals surface area contributed by atoms with Gasteiger partial charge in [-0.25, -0.2) is 4.98 Å². The lowest BCUT2D eigenvalue weighted by atomic mass is 10.1. The number of aliphatic hydroxyl groups excluding tert-OH is 1. The van der Waals surface area contributed by atoms with Crippen molar-refractivity contribution in [1.82, 2.24) is 9.97 Å². The molecule has 0 radical (unpaired) electrons. The average molecular weight is 211 g/mol. The van der Waals surface area contributed by atoms with Gasteiger partial charge in [-0.1, -0.05) is 0 Å². The van der Waals surface area contributed by atoms with Crippen molar-refractivity contribution in [3.8, 4) is 5.88 Å². The molecular formula is C10H17N3O2. The summed E-state index contributed by atoms with van der Waals surface area (Å²) in [6.45, 7) is 4.12. The molecule has 3 N–H and O–H groups in total. The third-order valence-electron chi connectivity index (χ3n) is 1.88. The average Bonchev–Trinajstić information content (AvgIpc) is 2.19. The zero-order chi connectivity index (χ0) is 11.3. The molecule has 0 saturated carbocycles. The van der Waals surface area contributed by atoms with E-state index in [0.717, 1.165) is 0 Å². The molecule has 0 spiro atoms. The van der Waals surface area contributed by atoms with Gasteiger partial charge in [-0.15, -0.1) is 0 Å². The van der Waals surface area contributed by atoms with Crippen molar-refractivity contribution in [3.63, 3.8) is 0 Å². The van der Waals surface area contributed by atoms with E-state index in [0.29, 0.717) is 18.2 Å². The Kier molecular flexibility index (Phi) is 4.45. The minimum Gasteiger partial charge on any atom is -0.475 e. The monoisotopic (exact) mass is 211 g/mol. The first-order valence-electron chi connectivity index (χ1n) is 4.98. The summed E-state index contributed by atoms with van der Waals surface area (Å²) in [6, 6.07) is 1.69. The zero-order valence-corrected chi connectivity index (χ0v) is 9.05. The van der Waals surface area contributed by atoms with E-state index in [2.05, 4.69) is 9.97 Å². The van der Waals surface area contributed by atoms with Crippen molar-refractivity contribution >= 4 is 0 Å². The molecule has 1 rings (SSSR count). The first-order chi connectivity index (χ1) is 7.17. The predicted molar refractivity (Wildman–Crippen MR) is 56.7 cm³/mol. The van der Waals surface area contributed by atoms with Crippen molar-refractivity contribution in [2.75, 3.05) is 13.2 Å². The molecule has 1 atom stereocenters. The molecule has 0 aliphatic heterocycles. The molecule has 0 aromatic carbocycles. The highest BCUT2D eigenvalue weighted by Crippen LogP contribution is 2.13. The van der Waals surface area contributed by atoms with E-state index in [-0.39, 0.29) is 18.6 Å². The predicted octanol–water partition coefficient (Wildman–Crippen LogP) is 0.298. The quantitative estimate of drug-likeness (QED) is 0.732. The molecule has 0 bridgehead atoms. The van der Waals surface area contributed by atoms with Gasteiger partial charge in [-0.05, 0) is 13.8 Å². The van der Waals surface area contributed by atoms with Gasteiger partial charge in [0, 0.05) is 18.8 Å². The van der Waals surface area contributed by atoms with Crippen LogP contribution in [0.4, 0.5) is 0 Å². The van der Waals surface area contributed by atoms with Crippen LogP contribution < -0.4 is 10.5 Å². The number of aliphatic hydroxyl groups is 1. The number of rotatable bonds is 5. The van der Waals surface area contributed by atoms with E-state index < -0.39 is 0 Å². The number of aromatic nitrogens is 2. The van der Waals surface area contributed by atoms with Gasteiger partial charge in [0.15, 0.2) is 0 Å². The maximum absolute atomic E-state index is 9.05. The third-order valence-corrected chi connectivity index (χ3v) is 1.88. The van der Waals surface area contributed by atoms with Crippen molar-refractivity contribution in [3.05, 3.63) is 18.1 Å². The van der Waals surface area contributed by atoms with Gasteiger partial charge in [-0.3, -0.25) is 0 Å². The molecule has 5 nitrogen and oxygen atoms in total. The van der Waals surface area contributed by atoms with Gasteiger partial charge in [0.25, 0.3) is 0 Å². The molecule has 15 heavy (non-hydrogen) atoms. The fraction of sp³-hybridized carbons (Fsp3) is 0.600. The maximum Gasteiger partial charge on any atom is 0.216 e. The zero-order valence-electron chi connectivity index (χ0n) is 9.05. The summed E-state index contributed by atoms with van der Waals surface area (Å²) in [5.41, 5.74) is 5.49. The van der Waals surface area contributed by atoms with E-state index in [1.807, 2.05) is 13.8 Å². The van der Waals surface area contributed by atoms with Crippen LogP contribution in [0.1, 0.15) is 25.6 Å². The number of hydrogen-bond donors (Lipinski definition) is 2. The Morgan fingerprint density at radius 1 is 1.53 bits per heavy atom. The molecule has 1 aromatic heterocycles. The molecule has 0 aliphatic rings. The van der Waals surface area contributed by atoms with Crippen molar-refractivity contribution < 1.29 is 9.84 Å². The standard InChI is InChI=1S/C10H17N3O2/c1-7(2)15-9-3-4-12-10(13-9)8(5-11)6-14/h3-4,7-8,14H,5-6,11H2,1-2H3. The van der Waals surface area contributed by atoms with Crippen LogP contribution in [0.25, 0.3) is 0 Å². The second kappa shape index (κ2) is 5.63. The first-order valence-corrected chi connectivity index (χ1v) is 4.98. The lowest BCUT2D eigenvalue weighted by molar-refractivity contribution is 0.228. The fourth-order valence-corrected chi connectivity index (χ4v) is 1.12. The Morgan fingerprint density at radius 2 is 2.27 bits per heavy atom. The van der Waals surface area contributed by atoms with Gasteiger partial charge in [-0.2, -0.15) is 4.98 Å². The van der Waals surface area contributed by atoms with Crippen LogP contribution in [-0.4, -0.2) is 34.3 Å². The number of nitrogens with zero attached hydrogens (tertiary/aromatic N) is 2. The summed E-state index contributed by atoms with van der Waals surface area (Å²) in [5, 5.41) is 9.05. The third kappa shape index (κ3) is 3.45. The summed E-state index contributed by atoms with van der Waals surface area (Å²) in [5.74, 6) is 0.820. The summed E-state index contributed by atoms with van der Waals surface area (Å²) < 4.78 is 5.42. The first kappa shape index (κ1) is 11.9. The lowest BCUT2D eigenvalue weighted by Gasteiger charge is -2.12. The molecule has 0 aliphatic carbocycles. The van der Waals surface area contributed by atoms with E-state index in [4.69, 9.17) is 15.6 Å². The molecule has 0 amide bonds. The molecule has 1 aromatic rings. The van der Waals surface area contributed by atoms with E-state index >= 15 is 0 Å². The van der Waals surface area contributed by atoms with Gasteiger partial charge >= 0.3 is 0 Å². The van der Waals surface area contributed by atoms with Crippen LogP contribution >= 0.6 is 0 Å².